The fourth-order valence-corrected chi connectivity index (χ4v) is 3.48. The maximum absolute atomic E-state index is 13.1. The standard InChI is InChI=1S/C24H22N2O2/c1-28-21-14-12-19(13-15-21)22-17-23(20-10-6-3-7-11-20)26(25-22)24(27)16-18-8-4-2-5-9-18/h2-15,23H,16-17H2,1H3. The number of ether oxygens (including phenoxy) is 1. The lowest BCUT2D eigenvalue weighted by Crippen LogP contribution is -2.28. The second-order valence-electron chi connectivity index (χ2n) is 6.81. The van der Waals surface area contributed by atoms with E-state index in [0.717, 1.165) is 28.2 Å². The van der Waals surface area contributed by atoms with Gasteiger partial charge in [-0.2, -0.15) is 5.10 Å². The number of carbonyl (C=O) groups excluding carboxylic acids is 1. The highest BCUT2D eigenvalue weighted by molar-refractivity contribution is 6.03. The van der Waals surface area contributed by atoms with Crippen LogP contribution in [-0.2, 0) is 11.2 Å². The molecule has 3 aromatic rings. The molecule has 1 heterocycles. The number of benzene rings is 3. The second kappa shape index (κ2) is 8.09. The van der Waals surface area contributed by atoms with Gasteiger partial charge in [0, 0.05) is 6.42 Å². The molecule has 4 heteroatoms. The van der Waals surface area contributed by atoms with Crippen LogP contribution in [0.5, 0.6) is 5.75 Å². The molecular weight excluding hydrogens is 348 g/mol. The number of amides is 1. The summed E-state index contributed by atoms with van der Waals surface area (Å²) in [6, 6.07) is 27.6. The molecule has 1 aliphatic heterocycles. The molecule has 1 unspecified atom stereocenters. The zero-order chi connectivity index (χ0) is 19.3. The van der Waals surface area contributed by atoms with Crippen molar-refractivity contribution >= 4 is 11.6 Å². The number of hydrogen-bond donors (Lipinski definition) is 0. The first-order chi connectivity index (χ1) is 13.7. The number of carbonyl (C=O) groups is 1. The largest absolute Gasteiger partial charge is 0.497 e. The summed E-state index contributed by atoms with van der Waals surface area (Å²) in [6.45, 7) is 0. The molecule has 1 aliphatic rings. The zero-order valence-corrected chi connectivity index (χ0v) is 15.8. The van der Waals surface area contributed by atoms with Crippen LogP contribution in [-0.4, -0.2) is 23.7 Å². The van der Waals surface area contributed by atoms with E-state index in [0.29, 0.717) is 12.8 Å². The fraction of sp³-hybridized carbons (Fsp3) is 0.167. The Morgan fingerprint density at radius 3 is 2.25 bits per heavy atom. The van der Waals surface area contributed by atoms with E-state index in [4.69, 9.17) is 9.84 Å². The zero-order valence-electron chi connectivity index (χ0n) is 15.8. The Hall–Kier alpha value is -3.40. The number of hydrazone groups is 1. The summed E-state index contributed by atoms with van der Waals surface area (Å²) < 4.78 is 5.24. The van der Waals surface area contributed by atoms with Gasteiger partial charge in [-0.05, 0) is 41.0 Å². The monoisotopic (exact) mass is 370 g/mol. The first kappa shape index (κ1) is 18.0. The summed E-state index contributed by atoms with van der Waals surface area (Å²) in [5, 5.41) is 6.38. The van der Waals surface area contributed by atoms with E-state index in [-0.39, 0.29) is 11.9 Å². The molecule has 4 nitrogen and oxygen atoms in total. The molecule has 0 N–H and O–H groups in total. The number of hydrogen-bond acceptors (Lipinski definition) is 3. The molecule has 0 radical (unpaired) electrons. The minimum absolute atomic E-state index is 0.00330. The van der Waals surface area contributed by atoms with Crippen molar-refractivity contribution in [3.05, 3.63) is 102 Å². The summed E-state index contributed by atoms with van der Waals surface area (Å²) in [7, 11) is 1.65. The molecule has 0 bridgehead atoms. The number of rotatable bonds is 5. The van der Waals surface area contributed by atoms with Gasteiger partial charge >= 0.3 is 0 Å². The maximum Gasteiger partial charge on any atom is 0.247 e. The van der Waals surface area contributed by atoms with Crippen LogP contribution in [0.4, 0.5) is 0 Å². The Labute approximate surface area is 165 Å². The Bertz CT molecular complexity index is 967. The van der Waals surface area contributed by atoms with Crippen LogP contribution in [0.25, 0.3) is 0 Å². The van der Waals surface area contributed by atoms with Gasteiger partial charge in [-0.1, -0.05) is 60.7 Å². The molecule has 28 heavy (non-hydrogen) atoms. The van der Waals surface area contributed by atoms with Crippen molar-refractivity contribution in [3.63, 3.8) is 0 Å². The Kier molecular flexibility index (Phi) is 5.20. The van der Waals surface area contributed by atoms with E-state index in [1.54, 1.807) is 12.1 Å². The van der Waals surface area contributed by atoms with Crippen LogP contribution in [0.15, 0.2) is 90.0 Å². The molecule has 0 saturated carbocycles. The lowest BCUT2D eigenvalue weighted by molar-refractivity contribution is -0.132. The molecule has 1 amide bonds. The highest BCUT2D eigenvalue weighted by atomic mass is 16.5. The average Bonchev–Trinajstić information content (AvgIpc) is 3.21. The topological polar surface area (TPSA) is 41.9 Å². The van der Waals surface area contributed by atoms with Gasteiger partial charge in [0.2, 0.25) is 5.91 Å². The van der Waals surface area contributed by atoms with E-state index in [2.05, 4.69) is 12.1 Å². The third kappa shape index (κ3) is 3.81. The third-order valence-corrected chi connectivity index (χ3v) is 4.97. The summed E-state index contributed by atoms with van der Waals surface area (Å²) in [6.07, 6.45) is 1.03. The van der Waals surface area contributed by atoms with Gasteiger partial charge in [-0.3, -0.25) is 4.79 Å². The van der Waals surface area contributed by atoms with Gasteiger partial charge in [0.25, 0.3) is 0 Å². The molecular formula is C24H22N2O2. The highest BCUT2D eigenvalue weighted by Gasteiger charge is 2.32. The van der Waals surface area contributed by atoms with Gasteiger partial charge in [-0.25, -0.2) is 5.01 Å². The smallest absolute Gasteiger partial charge is 0.247 e. The van der Waals surface area contributed by atoms with Crippen LogP contribution in [0.2, 0.25) is 0 Å². The lowest BCUT2D eigenvalue weighted by Gasteiger charge is -2.22. The lowest BCUT2D eigenvalue weighted by atomic mass is 9.98. The van der Waals surface area contributed by atoms with Gasteiger partial charge in [0.05, 0.1) is 25.3 Å². The van der Waals surface area contributed by atoms with E-state index in [1.807, 2.05) is 72.8 Å². The summed E-state index contributed by atoms with van der Waals surface area (Å²) >= 11 is 0. The Morgan fingerprint density at radius 2 is 1.61 bits per heavy atom. The number of methoxy groups -OCH3 is 1. The highest BCUT2D eigenvalue weighted by Crippen LogP contribution is 2.33. The van der Waals surface area contributed by atoms with E-state index < -0.39 is 0 Å². The molecule has 0 saturated heterocycles. The fourth-order valence-electron chi connectivity index (χ4n) is 3.48. The van der Waals surface area contributed by atoms with Crippen LogP contribution < -0.4 is 4.74 Å². The number of nitrogens with zero attached hydrogens (tertiary/aromatic N) is 2. The van der Waals surface area contributed by atoms with Gasteiger partial charge in [-0.15, -0.1) is 0 Å². The van der Waals surface area contributed by atoms with Crippen molar-refractivity contribution in [3.8, 4) is 5.75 Å². The van der Waals surface area contributed by atoms with Crippen molar-refractivity contribution in [2.45, 2.75) is 18.9 Å². The Balaban J connectivity index is 1.63. The first-order valence-electron chi connectivity index (χ1n) is 9.37. The molecule has 0 fully saturated rings. The van der Waals surface area contributed by atoms with Crippen molar-refractivity contribution in [1.82, 2.24) is 5.01 Å². The van der Waals surface area contributed by atoms with E-state index in [9.17, 15) is 4.79 Å². The van der Waals surface area contributed by atoms with Gasteiger partial charge in [0.15, 0.2) is 0 Å². The summed E-state index contributed by atoms with van der Waals surface area (Å²) in [5.41, 5.74) is 4.01. The van der Waals surface area contributed by atoms with Crippen LogP contribution in [0, 0.1) is 0 Å². The quantitative estimate of drug-likeness (QED) is 0.658. The second-order valence-corrected chi connectivity index (χ2v) is 6.81. The van der Waals surface area contributed by atoms with E-state index >= 15 is 0 Å². The SMILES string of the molecule is COc1ccc(C2=NN(C(=O)Cc3ccccc3)C(c3ccccc3)C2)cc1. The molecule has 4 rings (SSSR count). The van der Waals surface area contributed by atoms with Crippen LogP contribution in [0.1, 0.15) is 29.2 Å². The summed E-state index contributed by atoms with van der Waals surface area (Å²) in [4.78, 5) is 13.1. The molecule has 1 atom stereocenters. The van der Waals surface area contributed by atoms with Gasteiger partial charge in [0.1, 0.15) is 5.75 Å². The molecule has 140 valence electrons. The predicted octanol–water partition coefficient (Wildman–Crippen LogP) is 4.62. The molecule has 0 spiro atoms. The van der Waals surface area contributed by atoms with Crippen LogP contribution >= 0.6 is 0 Å². The summed E-state index contributed by atoms with van der Waals surface area (Å²) in [5.74, 6) is 0.808. The van der Waals surface area contributed by atoms with Crippen LogP contribution in [0.3, 0.4) is 0 Å². The average molecular weight is 370 g/mol. The molecule has 3 aromatic carbocycles. The van der Waals surface area contributed by atoms with Crippen molar-refractivity contribution < 1.29 is 9.53 Å². The minimum atomic E-state index is -0.0884. The van der Waals surface area contributed by atoms with Crippen molar-refractivity contribution in [1.29, 1.82) is 0 Å². The van der Waals surface area contributed by atoms with E-state index in [1.165, 1.54) is 0 Å². The Morgan fingerprint density at radius 1 is 0.964 bits per heavy atom. The predicted molar refractivity (Wildman–Crippen MR) is 110 cm³/mol. The maximum atomic E-state index is 13.1. The first-order valence-corrected chi connectivity index (χ1v) is 9.37. The molecule has 0 aromatic heterocycles. The minimum Gasteiger partial charge on any atom is -0.497 e. The normalized spacial score (nSPS) is 16.0. The molecule has 0 aliphatic carbocycles. The van der Waals surface area contributed by atoms with Crippen molar-refractivity contribution in [2.24, 2.45) is 5.10 Å². The van der Waals surface area contributed by atoms with Gasteiger partial charge < -0.3 is 4.74 Å². The third-order valence-electron chi connectivity index (χ3n) is 4.97. The van der Waals surface area contributed by atoms with Crippen molar-refractivity contribution in [2.75, 3.05) is 7.11 Å².